The summed E-state index contributed by atoms with van der Waals surface area (Å²) < 4.78 is 12.1. The highest BCUT2D eigenvalue weighted by atomic mass is 16.5. The minimum absolute atomic E-state index is 0.216. The van der Waals surface area contributed by atoms with Crippen LogP contribution in [0.5, 0.6) is 0 Å². The molecule has 0 saturated carbocycles. The van der Waals surface area contributed by atoms with Gasteiger partial charge in [-0.3, -0.25) is 4.79 Å². The molecule has 1 amide bonds. The van der Waals surface area contributed by atoms with E-state index in [9.17, 15) is 14.9 Å². The first kappa shape index (κ1) is 22.4. The van der Waals surface area contributed by atoms with E-state index < -0.39 is 18.5 Å². The standard InChI is InChI=1S/C22H22N4O4/c1-15-10-18(16(2)26(15)8-9-29-3)11-19(13-24)22(28)30-14-21(27)25-20-7-5-4-6-17(20)12-23/h4-7,10-11H,8-9,14H2,1-3H3,(H,25,27)/b19-11+. The zero-order chi connectivity index (χ0) is 22.1. The molecule has 0 unspecified atom stereocenters. The molecule has 2 rings (SSSR count). The average Bonchev–Trinajstić information content (AvgIpc) is 3.01. The van der Waals surface area contributed by atoms with E-state index in [0.717, 1.165) is 11.4 Å². The number of rotatable bonds is 8. The van der Waals surface area contributed by atoms with Gasteiger partial charge in [-0.25, -0.2) is 4.79 Å². The number of methoxy groups -OCH3 is 1. The van der Waals surface area contributed by atoms with Crippen molar-refractivity contribution < 1.29 is 19.1 Å². The van der Waals surface area contributed by atoms with Crippen LogP contribution in [0.1, 0.15) is 22.5 Å². The molecule has 0 fully saturated rings. The minimum Gasteiger partial charge on any atom is -0.451 e. The van der Waals surface area contributed by atoms with E-state index in [4.69, 9.17) is 14.7 Å². The third kappa shape index (κ3) is 5.57. The Morgan fingerprint density at radius 3 is 2.63 bits per heavy atom. The number of nitrogens with zero attached hydrogens (tertiary/aromatic N) is 3. The van der Waals surface area contributed by atoms with Gasteiger partial charge in [0.15, 0.2) is 6.61 Å². The summed E-state index contributed by atoms with van der Waals surface area (Å²) in [5, 5.41) is 20.9. The Bertz CT molecular complexity index is 1050. The first-order valence-electron chi connectivity index (χ1n) is 9.14. The van der Waals surface area contributed by atoms with Gasteiger partial charge in [0.1, 0.15) is 17.7 Å². The molecule has 8 heteroatoms. The topological polar surface area (TPSA) is 117 Å². The molecule has 0 radical (unpaired) electrons. The SMILES string of the molecule is COCCn1c(C)cc(/C=C(\C#N)C(=O)OCC(=O)Nc2ccccc2C#N)c1C. The molecule has 0 aliphatic rings. The summed E-state index contributed by atoms with van der Waals surface area (Å²) in [6.45, 7) is 4.42. The fourth-order valence-corrected chi connectivity index (χ4v) is 2.88. The number of anilines is 1. The summed E-state index contributed by atoms with van der Waals surface area (Å²) in [5.41, 5.74) is 2.96. The normalized spacial score (nSPS) is 10.8. The number of esters is 1. The number of aryl methyl sites for hydroxylation is 1. The number of nitrogens with one attached hydrogen (secondary N) is 1. The predicted molar refractivity (Wildman–Crippen MR) is 110 cm³/mol. The Morgan fingerprint density at radius 1 is 1.23 bits per heavy atom. The van der Waals surface area contributed by atoms with Crippen LogP contribution in [-0.4, -0.2) is 36.8 Å². The van der Waals surface area contributed by atoms with Crippen LogP contribution >= 0.6 is 0 Å². The van der Waals surface area contributed by atoms with Gasteiger partial charge >= 0.3 is 5.97 Å². The van der Waals surface area contributed by atoms with E-state index in [0.29, 0.717) is 30.0 Å². The molecule has 0 spiro atoms. The molecule has 8 nitrogen and oxygen atoms in total. The number of para-hydroxylation sites is 1. The molecule has 0 atom stereocenters. The Labute approximate surface area is 174 Å². The van der Waals surface area contributed by atoms with Crippen LogP contribution < -0.4 is 5.32 Å². The smallest absolute Gasteiger partial charge is 0.349 e. The molecule has 30 heavy (non-hydrogen) atoms. The van der Waals surface area contributed by atoms with Gasteiger partial charge in [-0.05, 0) is 43.7 Å². The van der Waals surface area contributed by atoms with Crippen LogP contribution in [-0.2, 0) is 25.6 Å². The summed E-state index contributed by atoms with van der Waals surface area (Å²) in [5.74, 6) is -1.51. The van der Waals surface area contributed by atoms with Gasteiger partial charge in [0.05, 0.1) is 17.9 Å². The number of carbonyl (C=O) groups excluding carboxylic acids is 2. The maximum atomic E-state index is 12.3. The monoisotopic (exact) mass is 406 g/mol. The second-order valence-electron chi connectivity index (χ2n) is 6.42. The van der Waals surface area contributed by atoms with Crippen molar-refractivity contribution in [1.29, 1.82) is 10.5 Å². The number of carbonyl (C=O) groups is 2. The molecule has 1 aromatic carbocycles. The second-order valence-corrected chi connectivity index (χ2v) is 6.42. The van der Waals surface area contributed by atoms with Gasteiger partial charge < -0.3 is 19.4 Å². The third-order valence-electron chi connectivity index (χ3n) is 4.43. The fourth-order valence-electron chi connectivity index (χ4n) is 2.88. The number of nitriles is 2. The lowest BCUT2D eigenvalue weighted by molar-refractivity contribution is -0.142. The largest absolute Gasteiger partial charge is 0.451 e. The number of amides is 1. The summed E-state index contributed by atoms with van der Waals surface area (Å²) in [6, 6.07) is 12.1. The molecule has 0 saturated heterocycles. The molecule has 0 aliphatic carbocycles. The highest BCUT2D eigenvalue weighted by Crippen LogP contribution is 2.19. The Balaban J connectivity index is 2.06. The van der Waals surface area contributed by atoms with Crippen molar-refractivity contribution in [2.24, 2.45) is 0 Å². The molecule has 0 aliphatic heterocycles. The van der Waals surface area contributed by atoms with Crippen molar-refractivity contribution in [3.8, 4) is 12.1 Å². The lowest BCUT2D eigenvalue weighted by atomic mass is 10.1. The molecular weight excluding hydrogens is 384 g/mol. The van der Waals surface area contributed by atoms with Crippen LogP contribution in [0.3, 0.4) is 0 Å². The molecule has 0 bridgehead atoms. The van der Waals surface area contributed by atoms with E-state index in [1.54, 1.807) is 31.4 Å². The Morgan fingerprint density at radius 2 is 1.97 bits per heavy atom. The summed E-state index contributed by atoms with van der Waals surface area (Å²) in [7, 11) is 1.62. The van der Waals surface area contributed by atoms with Gasteiger partial charge in [-0.2, -0.15) is 10.5 Å². The number of aromatic nitrogens is 1. The summed E-state index contributed by atoms with van der Waals surface area (Å²) >= 11 is 0. The van der Waals surface area contributed by atoms with Crippen molar-refractivity contribution in [1.82, 2.24) is 4.57 Å². The lowest BCUT2D eigenvalue weighted by Gasteiger charge is -2.08. The van der Waals surface area contributed by atoms with Crippen molar-refractivity contribution in [2.75, 3.05) is 25.6 Å². The third-order valence-corrected chi connectivity index (χ3v) is 4.43. The van der Waals surface area contributed by atoms with Crippen molar-refractivity contribution in [3.63, 3.8) is 0 Å². The first-order chi connectivity index (χ1) is 14.4. The maximum absolute atomic E-state index is 12.3. The Kier molecular flexibility index (Phi) is 7.92. The molecule has 1 aromatic heterocycles. The Hall–Kier alpha value is -3.88. The van der Waals surface area contributed by atoms with Gasteiger partial charge in [0.25, 0.3) is 5.91 Å². The van der Waals surface area contributed by atoms with Crippen LogP contribution in [0.25, 0.3) is 6.08 Å². The lowest BCUT2D eigenvalue weighted by Crippen LogP contribution is -2.21. The highest BCUT2D eigenvalue weighted by Gasteiger charge is 2.16. The molecule has 1 N–H and O–H groups in total. The molecule has 2 aromatic rings. The number of hydrogen-bond acceptors (Lipinski definition) is 6. The van der Waals surface area contributed by atoms with E-state index >= 15 is 0 Å². The van der Waals surface area contributed by atoms with E-state index in [1.165, 1.54) is 6.08 Å². The zero-order valence-electron chi connectivity index (χ0n) is 17.1. The second kappa shape index (κ2) is 10.6. The summed E-state index contributed by atoms with van der Waals surface area (Å²) in [4.78, 5) is 24.3. The van der Waals surface area contributed by atoms with Gasteiger partial charge in [0, 0.05) is 25.0 Å². The molecule has 154 valence electrons. The minimum atomic E-state index is -0.900. The number of ether oxygens (including phenoxy) is 2. The van der Waals surface area contributed by atoms with Crippen LogP contribution in [0, 0.1) is 36.5 Å². The highest BCUT2D eigenvalue weighted by molar-refractivity contribution is 6.00. The van der Waals surface area contributed by atoms with Crippen molar-refractivity contribution in [2.45, 2.75) is 20.4 Å². The van der Waals surface area contributed by atoms with Crippen LogP contribution in [0.4, 0.5) is 5.69 Å². The number of benzene rings is 1. The fraction of sp³-hybridized carbons (Fsp3) is 0.273. The van der Waals surface area contributed by atoms with Crippen LogP contribution in [0.2, 0.25) is 0 Å². The molecular formula is C22H22N4O4. The van der Waals surface area contributed by atoms with E-state index in [-0.39, 0.29) is 5.57 Å². The average molecular weight is 406 g/mol. The van der Waals surface area contributed by atoms with Crippen molar-refractivity contribution in [3.05, 3.63) is 58.4 Å². The quantitative estimate of drug-likeness (QED) is 0.409. The first-order valence-corrected chi connectivity index (χ1v) is 9.14. The molecule has 1 heterocycles. The van der Waals surface area contributed by atoms with Gasteiger partial charge in [-0.15, -0.1) is 0 Å². The predicted octanol–water partition coefficient (Wildman–Crippen LogP) is 2.71. The van der Waals surface area contributed by atoms with Gasteiger partial charge in [-0.1, -0.05) is 12.1 Å². The number of hydrogen-bond donors (Lipinski definition) is 1. The van der Waals surface area contributed by atoms with E-state index in [1.807, 2.05) is 36.6 Å². The van der Waals surface area contributed by atoms with Crippen LogP contribution in [0.15, 0.2) is 35.9 Å². The summed E-state index contributed by atoms with van der Waals surface area (Å²) in [6.07, 6.45) is 1.44. The van der Waals surface area contributed by atoms with Crippen molar-refractivity contribution >= 4 is 23.6 Å². The maximum Gasteiger partial charge on any atom is 0.349 e. The van der Waals surface area contributed by atoms with E-state index in [2.05, 4.69) is 5.32 Å². The van der Waals surface area contributed by atoms with Gasteiger partial charge in [0.2, 0.25) is 0 Å². The zero-order valence-corrected chi connectivity index (χ0v) is 17.1.